The van der Waals surface area contributed by atoms with Gasteiger partial charge in [-0.2, -0.15) is 4.31 Å². The molecule has 0 amide bonds. The molecule has 6 nitrogen and oxygen atoms in total. The zero-order chi connectivity index (χ0) is 14.2. The quantitative estimate of drug-likeness (QED) is 0.839. The van der Waals surface area contributed by atoms with E-state index >= 15 is 0 Å². The van der Waals surface area contributed by atoms with Gasteiger partial charge >= 0.3 is 0 Å². The smallest absolute Gasteiger partial charge is 0.248 e. The Kier molecular flexibility index (Phi) is 3.78. The monoisotopic (exact) mass is 286 g/mol. The summed E-state index contributed by atoms with van der Waals surface area (Å²) in [7, 11) is -2.05. The summed E-state index contributed by atoms with van der Waals surface area (Å²) in [6, 6.07) is -0.128. The van der Waals surface area contributed by atoms with Crippen LogP contribution in [0.4, 0.5) is 0 Å². The van der Waals surface area contributed by atoms with Gasteiger partial charge in [-0.3, -0.25) is 4.79 Å². The topological polar surface area (TPSA) is 80.5 Å². The largest absolute Gasteiger partial charge is 0.360 e. The summed E-state index contributed by atoms with van der Waals surface area (Å²) in [5.74, 6) is 0.510. The first kappa shape index (κ1) is 14.2. The molecule has 0 unspecified atom stereocenters. The van der Waals surface area contributed by atoms with Crippen LogP contribution in [0, 0.1) is 13.8 Å². The molecule has 0 N–H and O–H groups in total. The molecule has 1 aliphatic rings. The van der Waals surface area contributed by atoms with Crippen LogP contribution in [0.25, 0.3) is 0 Å². The molecular formula is C12H18N2O4S. The molecule has 2 rings (SSSR count). The van der Waals surface area contributed by atoms with Gasteiger partial charge in [-0.05, 0) is 26.7 Å². The SMILES string of the molecule is Cc1noc(C)c1S(=O)(=O)N(C)C1CCC(=O)CC1. The maximum Gasteiger partial charge on any atom is 0.248 e. The number of carbonyl (C=O) groups is 1. The summed E-state index contributed by atoms with van der Waals surface area (Å²) in [4.78, 5) is 11.4. The van der Waals surface area contributed by atoms with Crippen LogP contribution in [0.15, 0.2) is 9.42 Å². The molecule has 0 saturated heterocycles. The van der Waals surface area contributed by atoms with Gasteiger partial charge < -0.3 is 4.52 Å². The number of hydrogen-bond acceptors (Lipinski definition) is 5. The van der Waals surface area contributed by atoms with Crippen LogP contribution in [-0.4, -0.2) is 36.8 Å². The Morgan fingerprint density at radius 2 is 1.84 bits per heavy atom. The van der Waals surface area contributed by atoms with Crippen LogP contribution < -0.4 is 0 Å². The van der Waals surface area contributed by atoms with E-state index < -0.39 is 10.0 Å². The number of rotatable bonds is 3. The average molecular weight is 286 g/mol. The number of sulfonamides is 1. The van der Waals surface area contributed by atoms with Gasteiger partial charge in [0, 0.05) is 25.9 Å². The molecule has 0 aliphatic heterocycles. The summed E-state index contributed by atoms with van der Waals surface area (Å²) in [6.45, 7) is 3.20. The maximum atomic E-state index is 12.6. The number of nitrogens with zero attached hydrogens (tertiary/aromatic N) is 2. The standard InChI is InChI=1S/C12H18N2O4S/c1-8-12(9(2)18-13-8)19(16,17)14(3)10-4-6-11(15)7-5-10/h10H,4-7H2,1-3H3. The van der Waals surface area contributed by atoms with E-state index in [1.54, 1.807) is 20.9 Å². The summed E-state index contributed by atoms with van der Waals surface area (Å²) in [5.41, 5.74) is 0.372. The fourth-order valence-corrected chi connectivity index (χ4v) is 4.17. The van der Waals surface area contributed by atoms with E-state index in [2.05, 4.69) is 5.16 Å². The third kappa shape index (κ3) is 2.57. The highest BCUT2D eigenvalue weighted by Gasteiger charge is 2.34. The van der Waals surface area contributed by atoms with Crippen LogP contribution in [-0.2, 0) is 14.8 Å². The summed E-state index contributed by atoms with van der Waals surface area (Å²) >= 11 is 0. The Morgan fingerprint density at radius 3 is 2.32 bits per heavy atom. The van der Waals surface area contributed by atoms with Crippen LogP contribution in [0.3, 0.4) is 0 Å². The Hall–Kier alpha value is -1.21. The molecule has 0 radical (unpaired) electrons. The lowest BCUT2D eigenvalue weighted by molar-refractivity contribution is -0.120. The Labute approximate surface area is 112 Å². The highest BCUT2D eigenvalue weighted by atomic mass is 32.2. The third-order valence-electron chi connectivity index (χ3n) is 3.63. The predicted octanol–water partition coefficient (Wildman–Crippen LogP) is 1.42. The fourth-order valence-electron chi connectivity index (χ4n) is 2.47. The van der Waals surface area contributed by atoms with Crippen molar-refractivity contribution in [2.45, 2.75) is 50.5 Å². The fraction of sp³-hybridized carbons (Fsp3) is 0.667. The average Bonchev–Trinajstić information content (AvgIpc) is 2.69. The van der Waals surface area contributed by atoms with E-state index in [1.807, 2.05) is 0 Å². The van der Waals surface area contributed by atoms with Crippen molar-refractivity contribution in [1.82, 2.24) is 9.46 Å². The van der Waals surface area contributed by atoms with Crippen molar-refractivity contribution < 1.29 is 17.7 Å². The number of Topliss-reactive ketones (excluding diaryl/α,β-unsaturated/α-hetero) is 1. The van der Waals surface area contributed by atoms with E-state index in [0.29, 0.717) is 37.1 Å². The molecule has 0 spiro atoms. The molecule has 1 aromatic heterocycles. The maximum absolute atomic E-state index is 12.6. The van der Waals surface area contributed by atoms with Crippen molar-refractivity contribution in [2.75, 3.05) is 7.05 Å². The number of carbonyl (C=O) groups excluding carboxylic acids is 1. The van der Waals surface area contributed by atoms with Crippen molar-refractivity contribution in [2.24, 2.45) is 0 Å². The van der Waals surface area contributed by atoms with Crippen LogP contribution in [0.1, 0.15) is 37.1 Å². The molecule has 7 heteroatoms. The lowest BCUT2D eigenvalue weighted by Crippen LogP contribution is -2.39. The first-order valence-electron chi connectivity index (χ1n) is 6.26. The van der Waals surface area contributed by atoms with Crippen molar-refractivity contribution in [3.05, 3.63) is 11.5 Å². The molecule has 106 valence electrons. The minimum atomic E-state index is -3.61. The molecule has 19 heavy (non-hydrogen) atoms. The Morgan fingerprint density at radius 1 is 1.26 bits per heavy atom. The van der Waals surface area contributed by atoms with Crippen molar-refractivity contribution in [1.29, 1.82) is 0 Å². The van der Waals surface area contributed by atoms with Crippen LogP contribution >= 0.6 is 0 Å². The van der Waals surface area contributed by atoms with Crippen LogP contribution in [0.5, 0.6) is 0 Å². The van der Waals surface area contributed by atoms with Gasteiger partial charge in [-0.25, -0.2) is 8.42 Å². The molecule has 1 aromatic rings. The minimum Gasteiger partial charge on any atom is -0.360 e. The second-order valence-corrected chi connectivity index (χ2v) is 6.88. The first-order valence-corrected chi connectivity index (χ1v) is 7.70. The van der Waals surface area contributed by atoms with E-state index in [4.69, 9.17) is 4.52 Å². The summed E-state index contributed by atoms with van der Waals surface area (Å²) < 4.78 is 31.4. The molecule has 1 saturated carbocycles. The van der Waals surface area contributed by atoms with Gasteiger partial charge in [0.15, 0.2) is 5.76 Å². The normalized spacial score (nSPS) is 18.2. The zero-order valence-corrected chi connectivity index (χ0v) is 12.2. The lowest BCUT2D eigenvalue weighted by atomic mass is 9.95. The number of ketones is 1. The molecule has 0 atom stereocenters. The van der Waals surface area contributed by atoms with E-state index in [-0.39, 0.29) is 16.7 Å². The van der Waals surface area contributed by atoms with Gasteiger partial charge in [0.05, 0.1) is 0 Å². The van der Waals surface area contributed by atoms with Gasteiger partial charge in [-0.1, -0.05) is 5.16 Å². The molecule has 0 bridgehead atoms. The number of aryl methyl sites for hydroxylation is 2. The van der Waals surface area contributed by atoms with E-state index in [0.717, 1.165) is 0 Å². The van der Waals surface area contributed by atoms with Crippen molar-refractivity contribution >= 4 is 15.8 Å². The van der Waals surface area contributed by atoms with Gasteiger partial charge in [0.2, 0.25) is 10.0 Å². The Bertz CT molecular complexity index is 561. The summed E-state index contributed by atoms with van der Waals surface area (Å²) in [5, 5.41) is 3.69. The second-order valence-electron chi connectivity index (χ2n) is 4.94. The molecule has 1 fully saturated rings. The van der Waals surface area contributed by atoms with E-state index in [9.17, 15) is 13.2 Å². The minimum absolute atomic E-state index is 0.128. The predicted molar refractivity (Wildman–Crippen MR) is 68.2 cm³/mol. The second kappa shape index (κ2) is 5.05. The van der Waals surface area contributed by atoms with Gasteiger partial charge in [0.25, 0.3) is 0 Å². The molecular weight excluding hydrogens is 268 g/mol. The molecule has 1 aliphatic carbocycles. The lowest BCUT2D eigenvalue weighted by Gasteiger charge is -2.29. The van der Waals surface area contributed by atoms with E-state index in [1.165, 1.54) is 4.31 Å². The van der Waals surface area contributed by atoms with Crippen molar-refractivity contribution in [3.63, 3.8) is 0 Å². The van der Waals surface area contributed by atoms with Gasteiger partial charge in [-0.15, -0.1) is 0 Å². The number of aromatic nitrogens is 1. The van der Waals surface area contributed by atoms with Crippen LogP contribution in [0.2, 0.25) is 0 Å². The Balaban J connectivity index is 2.27. The highest BCUT2D eigenvalue weighted by molar-refractivity contribution is 7.89. The van der Waals surface area contributed by atoms with Gasteiger partial charge in [0.1, 0.15) is 16.4 Å². The zero-order valence-electron chi connectivity index (χ0n) is 11.3. The van der Waals surface area contributed by atoms with Crippen molar-refractivity contribution in [3.8, 4) is 0 Å². The summed E-state index contributed by atoms with van der Waals surface area (Å²) in [6.07, 6.45) is 2.06. The molecule has 0 aromatic carbocycles. The third-order valence-corrected chi connectivity index (χ3v) is 5.79. The highest BCUT2D eigenvalue weighted by Crippen LogP contribution is 2.28. The molecule has 1 heterocycles. The number of hydrogen-bond donors (Lipinski definition) is 0. The first-order chi connectivity index (χ1) is 8.84.